The first kappa shape index (κ1) is 17.8. The average Bonchev–Trinajstić information content (AvgIpc) is 2.41. The first-order chi connectivity index (χ1) is 10.4. The van der Waals surface area contributed by atoms with Crippen LogP contribution >= 0.6 is 0 Å². The first-order valence-electron chi connectivity index (χ1n) is 7.31. The molecule has 0 aliphatic heterocycles. The van der Waals surface area contributed by atoms with E-state index < -0.39 is 12.0 Å². The summed E-state index contributed by atoms with van der Waals surface area (Å²) < 4.78 is 16.1. The number of nitrogens with zero attached hydrogens (tertiary/aromatic N) is 1. The molecule has 0 aromatic heterocycles. The Labute approximate surface area is 131 Å². The van der Waals surface area contributed by atoms with Gasteiger partial charge in [0.2, 0.25) is 5.91 Å². The number of carbonyl (C=O) groups excluding carboxylic acids is 2. The molecule has 0 saturated carbocycles. The monoisotopic (exact) mass is 309 g/mol. The quantitative estimate of drug-likeness (QED) is 0.806. The van der Waals surface area contributed by atoms with E-state index in [1.54, 1.807) is 32.0 Å². The highest BCUT2D eigenvalue weighted by Gasteiger charge is 2.24. The van der Waals surface area contributed by atoms with Gasteiger partial charge >= 0.3 is 6.09 Å². The average molecular weight is 309 g/mol. The number of hydrogen-bond donors (Lipinski definition) is 0. The molecule has 22 heavy (non-hydrogen) atoms. The summed E-state index contributed by atoms with van der Waals surface area (Å²) in [6, 6.07) is 4.89. The van der Waals surface area contributed by atoms with E-state index in [1.807, 2.05) is 13.8 Å². The number of amides is 2. The number of anilines is 1. The molecule has 0 aliphatic carbocycles. The van der Waals surface area contributed by atoms with E-state index in [4.69, 9.17) is 14.2 Å². The maximum absolute atomic E-state index is 12.1. The predicted molar refractivity (Wildman–Crippen MR) is 83.6 cm³/mol. The number of carbonyl (C=O) groups is 2. The van der Waals surface area contributed by atoms with Gasteiger partial charge < -0.3 is 14.2 Å². The van der Waals surface area contributed by atoms with Crippen molar-refractivity contribution < 1.29 is 23.8 Å². The van der Waals surface area contributed by atoms with Crippen LogP contribution in [0.1, 0.15) is 34.6 Å². The van der Waals surface area contributed by atoms with E-state index in [0.29, 0.717) is 30.4 Å². The van der Waals surface area contributed by atoms with E-state index in [0.717, 1.165) is 4.90 Å². The largest absolute Gasteiger partial charge is 0.490 e. The Hall–Kier alpha value is -2.24. The van der Waals surface area contributed by atoms with Gasteiger partial charge in [0.05, 0.1) is 25.0 Å². The summed E-state index contributed by atoms with van der Waals surface area (Å²) in [7, 11) is 0. The fourth-order valence-corrected chi connectivity index (χ4v) is 1.85. The van der Waals surface area contributed by atoms with Crippen LogP contribution in [0.25, 0.3) is 0 Å². The Bertz CT molecular complexity index is 527. The molecule has 0 spiro atoms. The smallest absolute Gasteiger partial charge is 0.421 e. The zero-order chi connectivity index (χ0) is 16.7. The second-order valence-electron chi connectivity index (χ2n) is 4.78. The summed E-state index contributed by atoms with van der Waals surface area (Å²) in [5.41, 5.74) is 0.380. The Morgan fingerprint density at radius 1 is 1.09 bits per heavy atom. The Kier molecular flexibility index (Phi) is 6.69. The number of benzene rings is 1. The molecule has 2 amide bonds. The summed E-state index contributed by atoms with van der Waals surface area (Å²) in [5, 5.41) is 0. The van der Waals surface area contributed by atoms with E-state index in [1.165, 1.54) is 6.92 Å². The molecule has 0 saturated heterocycles. The topological polar surface area (TPSA) is 65.1 Å². The highest BCUT2D eigenvalue weighted by atomic mass is 16.6. The maximum Gasteiger partial charge on any atom is 0.421 e. The van der Waals surface area contributed by atoms with Crippen LogP contribution in [0.15, 0.2) is 18.2 Å². The van der Waals surface area contributed by atoms with Crippen molar-refractivity contribution in [2.75, 3.05) is 18.1 Å². The highest BCUT2D eigenvalue weighted by molar-refractivity contribution is 6.11. The molecule has 0 unspecified atom stereocenters. The molecule has 0 atom stereocenters. The van der Waals surface area contributed by atoms with Crippen LogP contribution in [0.2, 0.25) is 0 Å². The van der Waals surface area contributed by atoms with Crippen molar-refractivity contribution in [2.24, 2.45) is 0 Å². The summed E-state index contributed by atoms with van der Waals surface area (Å²) >= 11 is 0. The number of ether oxygens (including phenoxy) is 3. The third-order valence-corrected chi connectivity index (χ3v) is 2.62. The second-order valence-corrected chi connectivity index (χ2v) is 4.78. The van der Waals surface area contributed by atoms with Crippen molar-refractivity contribution in [1.82, 2.24) is 0 Å². The third-order valence-electron chi connectivity index (χ3n) is 2.62. The fraction of sp³-hybridized carbons (Fsp3) is 0.500. The summed E-state index contributed by atoms with van der Waals surface area (Å²) in [6.07, 6.45) is -1.03. The molecule has 0 heterocycles. The van der Waals surface area contributed by atoms with E-state index in [9.17, 15) is 9.59 Å². The predicted octanol–water partition coefficient (Wildman–Crippen LogP) is 3.38. The van der Waals surface area contributed by atoms with E-state index in [-0.39, 0.29) is 6.10 Å². The minimum absolute atomic E-state index is 0.316. The fourth-order valence-electron chi connectivity index (χ4n) is 1.85. The lowest BCUT2D eigenvalue weighted by molar-refractivity contribution is -0.116. The Balaban J connectivity index is 3.17. The summed E-state index contributed by atoms with van der Waals surface area (Å²) in [5.74, 6) is 0.608. The molecular formula is C16H23NO5. The van der Waals surface area contributed by atoms with Crippen molar-refractivity contribution in [3.8, 4) is 11.5 Å². The number of rotatable bonds is 6. The van der Waals surface area contributed by atoms with Crippen LogP contribution in [-0.4, -0.2) is 31.3 Å². The van der Waals surface area contributed by atoms with Crippen LogP contribution in [-0.2, 0) is 9.53 Å². The van der Waals surface area contributed by atoms with Gasteiger partial charge in [-0.3, -0.25) is 4.79 Å². The summed E-state index contributed by atoms with van der Waals surface area (Å²) in [4.78, 5) is 24.9. The van der Waals surface area contributed by atoms with Gasteiger partial charge in [-0.2, -0.15) is 0 Å². The molecule has 1 aromatic carbocycles. The van der Waals surface area contributed by atoms with Gasteiger partial charge in [0.25, 0.3) is 0 Å². The molecule has 6 nitrogen and oxygen atoms in total. The van der Waals surface area contributed by atoms with E-state index >= 15 is 0 Å². The van der Waals surface area contributed by atoms with Gasteiger partial charge in [-0.15, -0.1) is 0 Å². The number of imide groups is 1. The van der Waals surface area contributed by atoms with Gasteiger partial charge in [-0.1, -0.05) is 0 Å². The van der Waals surface area contributed by atoms with Crippen molar-refractivity contribution >= 4 is 17.7 Å². The van der Waals surface area contributed by atoms with Gasteiger partial charge in [-0.05, 0) is 39.8 Å². The molecular weight excluding hydrogens is 286 g/mol. The normalized spacial score (nSPS) is 10.3. The van der Waals surface area contributed by atoms with Crippen molar-refractivity contribution in [2.45, 2.75) is 40.7 Å². The van der Waals surface area contributed by atoms with Gasteiger partial charge in [0.15, 0.2) is 11.5 Å². The van der Waals surface area contributed by atoms with Crippen molar-refractivity contribution in [3.63, 3.8) is 0 Å². The van der Waals surface area contributed by atoms with Crippen LogP contribution in [0.5, 0.6) is 11.5 Å². The zero-order valence-electron chi connectivity index (χ0n) is 13.7. The Morgan fingerprint density at radius 3 is 2.18 bits per heavy atom. The molecule has 0 N–H and O–H groups in total. The molecule has 6 heteroatoms. The molecule has 0 radical (unpaired) electrons. The van der Waals surface area contributed by atoms with Crippen LogP contribution in [0, 0.1) is 0 Å². The number of hydrogen-bond acceptors (Lipinski definition) is 5. The lowest BCUT2D eigenvalue weighted by atomic mass is 10.2. The SMILES string of the molecule is CCOc1ccc(N(C(C)=O)C(=O)OC(C)C)cc1OCC. The highest BCUT2D eigenvalue weighted by Crippen LogP contribution is 2.32. The third kappa shape index (κ3) is 4.65. The lowest BCUT2D eigenvalue weighted by Crippen LogP contribution is -2.37. The van der Waals surface area contributed by atoms with Crippen molar-refractivity contribution in [1.29, 1.82) is 0 Å². The first-order valence-corrected chi connectivity index (χ1v) is 7.31. The molecule has 1 aromatic rings. The minimum Gasteiger partial charge on any atom is -0.490 e. The Morgan fingerprint density at radius 2 is 1.68 bits per heavy atom. The summed E-state index contributed by atoms with van der Waals surface area (Å²) in [6.45, 7) is 9.40. The maximum atomic E-state index is 12.1. The van der Waals surface area contributed by atoms with Crippen molar-refractivity contribution in [3.05, 3.63) is 18.2 Å². The van der Waals surface area contributed by atoms with Crippen LogP contribution in [0.3, 0.4) is 0 Å². The second kappa shape index (κ2) is 8.26. The molecule has 1 rings (SSSR count). The minimum atomic E-state index is -0.714. The standard InChI is InChI=1S/C16H23NO5/c1-6-20-14-9-8-13(10-15(14)21-7-2)17(12(5)18)16(19)22-11(3)4/h8-11H,6-7H2,1-5H3. The van der Waals surface area contributed by atoms with Crippen LogP contribution in [0.4, 0.5) is 10.5 Å². The van der Waals surface area contributed by atoms with Gasteiger partial charge in [-0.25, -0.2) is 9.69 Å². The lowest BCUT2D eigenvalue weighted by Gasteiger charge is -2.21. The zero-order valence-corrected chi connectivity index (χ0v) is 13.7. The molecule has 0 bridgehead atoms. The van der Waals surface area contributed by atoms with Gasteiger partial charge in [0.1, 0.15) is 0 Å². The van der Waals surface area contributed by atoms with Gasteiger partial charge in [0, 0.05) is 13.0 Å². The van der Waals surface area contributed by atoms with Crippen LogP contribution < -0.4 is 14.4 Å². The molecule has 0 aliphatic rings. The molecule has 0 fully saturated rings. The van der Waals surface area contributed by atoms with E-state index in [2.05, 4.69) is 0 Å². The molecule has 122 valence electrons.